The average molecular weight is 687 g/mol. The quantitative estimate of drug-likeness (QED) is 0.173. The fourth-order valence-corrected chi connectivity index (χ4v) is 8.96. The van der Waals surface area contributed by atoms with Crippen molar-refractivity contribution in [1.29, 1.82) is 0 Å². The third-order valence-corrected chi connectivity index (χ3v) is 11.4. The van der Waals surface area contributed by atoms with Crippen LogP contribution in [0.3, 0.4) is 0 Å². The van der Waals surface area contributed by atoms with Gasteiger partial charge in [-0.1, -0.05) is 146 Å². The minimum atomic E-state index is 0.899. The highest BCUT2D eigenvalue weighted by Gasteiger charge is 2.20. The van der Waals surface area contributed by atoms with Crippen LogP contribution in [-0.2, 0) is 0 Å². The maximum absolute atomic E-state index is 6.63. The Morgan fingerprint density at radius 3 is 1.28 bits per heavy atom. The number of rotatable bonds is 3. The van der Waals surface area contributed by atoms with Gasteiger partial charge < -0.3 is 8.83 Å². The Kier molecular flexibility index (Phi) is 6.09. The third-order valence-electron chi connectivity index (χ3n) is 11.4. The molecular weight excluding hydrogens is 657 g/mol. The molecule has 0 saturated heterocycles. The third kappa shape index (κ3) is 4.22. The highest BCUT2D eigenvalue weighted by molar-refractivity contribution is 6.22. The van der Waals surface area contributed by atoms with Crippen LogP contribution < -0.4 is 0 Å². The number of benzene rings is 10. The predicted molar refractivity (Wildman–Crippen MR) is 227 cm³/mol. The highest BCUT2D eigenvalue weighted by Crippen LogP contribution is 2.47. The minimum Gasteiger partial charge on any atom is -0.455 e. The Morgan fingerprint density at radius 2 is 0.704 bits per heavy atom. The topological polar surface area (TPSA) is 26.3 Å². The van der Waals surface area contributed by atoms with Crippen LogP contribution >= 0.6 is 0 Å². The second-order valence-electron chi connectivity index (χ2n) is 14.4. The molecular formula is C52H30O2. The molecule has 0 bridgehead atoms. The summed E-state index contributed by atoms with van der Waals surface area (Å²) in [5.74, 6) is 0. The maximum atomic E-state index is 6.63. The van der Waals surface area contributed by atoms with E-state index in [1.165, 1.54) is 54.2 Å². The predicted octanol–water partition coefficient (Wildman–Crippen LogP) is 15.1. The molecule has 0 aliphatic carbocycles. The molecule has 250 valence electrons. The van der Waals surface area contributed by atoms with Gasteiger partial charge in [-0.05, 0) is 102 Å². The van der Waals surface area contributed by atoms with Crippen LogP contribution in [0.4, 0.5) is 0 Å². The molecule has 0 N–H and O–H groups in total. The molecule has 2 heteroatoms. The number of hydrogen-bond acceptors (Lipinski definition) is 2. The van der Waals surface area contributed by atoms with Gasteiger partial charge in [0.2, 0.25) is 0 Å². The fraction of sp³-hybridized carbons (Fsp3) is 0. The van der Waals surface area contributed by atoms with Crippen LogP contribution in [-0.4, -0.2) is 0 Å². The summed E-state index contributed by atoms with van der Waals surface area (Å²) < 4.78 is 13.3. The van der Waals surface area contributed by atoms with E-state index in [1.54, 1.807) is 0 Å². The molecule has 0 atom stereocenters. The summed E-state index contributed by atoms with van der Waals surface area (Å²) in [6.45, 7) is 0. The number of para-hydroxylation sites is 4. The number of fused-ring (bicyclic) bond motifs is 10. The van der Waals surface area contributed by atoms with Gasteiger partial charge in [-0.3, -0.25) is 0 Å². The van der Waals surface area contributed by atoms with E-state index in [4.69, 9.17) is 8.83 Å². The van der Waals surface area contributed by atoms with E-state index in [-0.39, 0.29) is 0 Å². The van der Waals surface area contributed by atoms with E-state index >= 15 is 0 Å². The lowest BCUT2D eigenvalue weighted by Gasteiger charge is -2.18. The Morgan fingerprint density at radius 1 is 0.259 bits per heavy atom. The Balaban J connectivity index is 1.21. The van der Waals surface area contributed by atoms with Crippen LogP contribution in [0, 0.1) is 0 Å². The number of furan rings is 2. The van der Waals surface area contributed by atoms with Crippen molar-refractivity contribution in [1.82, 2.24) is 0 Å². The maximum Gasteiger partial charge on any atom is 0.143 e. The molecule has 0 aliphatic rings. The zero-order valence-electron chi connectivity index (χ0n) is 29.1. The van der Waals surface area contributed by atoms with E-state index in [9.17, 15) is 0 Å². The van der Waals surface area contributed by atoms with E-state index in [0.717, 1.165) is 66.1 Å². The van der Waals surface area contributed by atoms with Gasteiger partial charge in [0.05, 0.1) is 0 Å². The van der Waals surface area contributed by atoms with Crippen LogP contribution in [0.2, 0.25) is 0 Å². The smallest absolute Gasteiger partial charge is 0.143 e. The first kappa shape index (κ1) is 29.4. The van der Waals surface area contributed by atoms with E-state index < -0.39 is 0 Å². The zero-order valence-corrected chi connectivity index (χ0v) is 29.1. The van der Waals surface area contributed by atoms with Gasteiger partial charge in [-0.15, -0.1) is 0 Å². The summed E-state index contributed by atoms with van der Waals surface area (Å²) in [5, 5.41) is 14.2. The minimum absolute atomic E-state index is 0.899. The molecule has 2 nitrogen and oxygen atoms in total. The lowest BCUT2D eigenvalue weighted by molar-refractivity contribution is 0.669. The first-order valence-corrected chi connectivity index (χ1v) is 18.5. The molecule has 12 aromatic rings. The van der Waals surface area contributed by atoms with Crippen molar-refractivity contribution in [2.75, 3.05) is 0 Å². The summed E-state index contributed by atoms with van der Waals surface area (Å²) in [5.41, 5.74) is 10.5. The van der Waals surface area contributed by atoms with E-state index in [2.05, 4.69) is 170 Å². The second kappa shape index (κ2) is 11.2. The summed E-state index contributed by atoms with van der Waals surface area (Å²) in [4.78, 5) is 0. The monoisotopic (exact) mass is 686 g/mol. The lowest BCUT2D eigenvalue weighted by Crippen LogP contribution is -1.91. The largest absolute Gasteiger partial charge is 0.455 e. The van der Waals surface area contributed by atoms with Crippen molar-refractivity contribution in [2.45, 2.75) is 0 Å². The van der Waals surface area contributed by atoms with Crippen molar-refractivity contribution in [2.24, 2.45) is 0 Å². The SMILES string of the molecule is c1ccc2cc3cc(-c4c5cccc(-c6cccc7c6oc6ccccc67)c5cc5c(-c6cccc7c6oc6ccccc67)cccc45)ccc3cc2c1. The molecule has 0 amide bonds. The fourth-order valence-electron chi connectivity index (χ4n) is 8.96. The second-order valence-corrected chi connectivity index (χ2v) is 14.4. The lowest BCUT2D eigenvalue weighted by atomic mass is 9.85. The summed E-state index contributed by atoms with van der Waals surface area (Å²) in [7, 11) is 0. The highest BCUT2D eigenvalue weighted by atomic mass is 16.3. The van der Waals surface area contributed by atoms with Gasteiger partial charge in [-0.25, -0.2) is 0 Å². The number of hydrogen-bond donors (Lipinski definition) is 0. The van der Waals surface area contributed by atoms with Gasteiger partial charge in [0.15, 0.2) is 0 Å². The van der Waals surface area contributed by atoms with Gasteiger partial charge in [0.1, 0.15) is 22.3 Å². The normalized spacial score (nSPS) is 12.1. The molecule has 2 aromatic heterocycles. The van der Waals surface area contributed by atoms with Crippen LogP contribution in [0.1, 0.15) is 0 Å². The van der Waals surface area contributed by atoms with E-state index in [0.29, 0.717) is 0 Å². The van der Waals surface area contributed by atoms with E-state index in [1.807, 2.05) is 12.1 Å². The average Bonchev–Trinajstić information content (AvgIpc) is 3.80. The first-order chi connectivity index (χ1) is 26.8. The van der Waals surface area contributed by atoms with Crippen molar-refractivity contribution < 1.29 is 8.83 Å². The Bertz CT molecular complexity index is 3330. The van der Waals surface area contributed by atoms with Crippen molar-refractivity contribution >= 4 is 87.0 Å². The van der Waals surface area contributed by atoms with Gasteiger partial charge in [0, 0.05) is 32.7 Å². The molecule has 54 heavy (non-hydrogen) atoms. The summed E-state index contributed by atoms with van der Waals surface area (Å²) in [6.07, 6.45) is 0. The Hall–Kier alpha value is -7.16. The molecule has 0 radical (unpaired) electrons. The molecule has 12 rings (SSSR count). The molecule has 0 saturated carbocycles. The summed E-state index contributed by atoms with van der Waals surface area (Å²) >= 11 is 0. The zero-order chi connectivity index (χ0) is 35.3. The first-order valence-electron chi connectivity index (χ1n) is 18.5. The van der Waals surface area contributed by atoms with Gasteiger partial charge >= 0.3 is 0 Å². The van der Waals surface area contributed by atoms with Gasteiger partial charge in [0.25, 0.3) is 0 Å². The van der Waals surface area contributed by atoms with Crippen LogP contribution in [0.5, 0.6) is 0 Å². The molecule has 0 unspecified atom stereocenters. The molecule has 0 aliphatic heterocycles. The van der Waals surface area contributed by atoms with Crippen molar-refractivity contribution in [3.8, 4) is 33.4 Å². The van der Waals surface area contributed by atoms with Crippen LogP contribution in [0.15, 0.2) is 191 Å². The standard InChI is InChI=1S/C52H30O2/c1-2-12-32-28-35-29-34(26-25-33(35)27-31(32)11-1)50-40-17-7-15-36(42-19-9-21-44-38-13-3-5-23-48(38)53-51(42)44)46(40)30-47-37(16-8-18-41(47)50)43-20-10-22-45-39-14-4-6-24-49(39)54-52(43)45/h1-30H. The molecule has 0 fully saturated rings. The summed E-state index contributed by atoms with van der Waals surface area (Å²) in [6, 6.07) is 65.7. The molecule has 10 aromatic carbocycles. The van der Waals surface area contributed by atoms with Crippen molar-refractivity contribution in [3.63, 3.8) is 0 Å². The Labute approximate surface area is 310 Å². The molecule has 2 heterocycles. The molecule has 0 spiro atoms. The van der Waals surface area contributed by atoms with Crippen LogP contribution in [0.25, 0.3) is 120 Å². The van der Waals surface area contributed by atoms with Crippen molar-refractivity contribution in [3.05, 3.63) is 182 Å². The van der Waals surface area contributed by atoms with Gasteiger partial charge in [-0.2, -0.15) is 0 Å².